The molecule has 1 aromatic carbocycles. The molecule has 2 aromatic heterocycles. The van der Waals surface area contributed by atoms with Gasteiger partial charge in [-0.3, -0.25) is 4.79 Å². The fraction of sp³-hybridized carbons (Fsp3) is 0.235. The summed E-state index contributed by atoms with van der Waals surface area (Å²) in [6.45, 7) is 2.34. The van der Waals surface area contributed by atoms with Crippen molar-refractivity contribution in [2.75, 3.05) is 19.4 Å². The molecular formula is C17H18N4OS2. The zero-order valence-electron chi connectivity index (χ0n) is 13.7. The molecule has 3 aromatic rings. The first-order valence-corrected chi connectivity index (χ1v) is 9.18. The molecule has 0 atom stereocenters. The first-order valence-electron chi connectivity index (χ1n) is 7.49. The molecule has 7 heteroatoms. The topological polar surface area (TPSA) is 58.1 Å². The summed E-state index contributed by atoms with van der Waals surface area (Å²) in [4.78, 5) is 23.9. The number of carbonyl (C=O) groups excluding carboxylic acids is 1. The van der Waals surface area contributed by atoms with Gasteiger partial charge < -0.3 is 10.2 Å². The fourth-order valence-electron chi connectivity index (χ4n) is 2.28. The number of aryl methyl sites for hydroxylation is 1. The molecule has 0 bridgehead atoms. The van der Waals surface area contributed by atoms with Crippen LogP contribution in [0.15, 0.2) is 35.7 Å². The van der Waals surface area contributed by atoms with Gasteiger partial charge in [-0.2, -0.15) is 0 Å². The third-order valence-electron chi connectivity index (χ3n) is 3.52. The summed E-state index contributed by atoms with van der Waals surface area (Å²) in [7, 11) is 3.60. The highest BCUT2D eigenvalue weighted by atomic mass is 32.1. The lowest BCUT2D eigenvalue weighted by atomic mass is 10.2. The second-order valence-electron chi connectivity index (χ2n) is 5.35. The standard InChI is InChI=1S/C17H18N4OS2/c1-11-14(24-17(18-2)19-11)16(22)21(3)9-13-10-23-15(20-13)12-7-5-4-6-8-12/h4-8,10H,9H2,1-3H3,(H,18,19). The van der Waals surface area contributed by atoms with Gasteiger partial charge in [-0.05, 0) is 6.92 Å². The van der Waals surface area contributed by atoms with E-state index < -0.39 is 0 Å². The number of hydrogen-bond acceptors (Lipinski definition) is 6. The van der Waals surface area contributed by atoms with E-state index in [1.807, 2.05) is 42.6 Å². The minimum Gasteiger partial charge on any atom is -0.365 e. The summed E-state index contributed by atoms with van der Waals surface area (Å²) in [6, 6.07) is 10.1. The molecule has 0 fully saturated rings. The lowest BCUT2D eigenvalue weighted by Crippen LogP contribution is -2.26. The van der Waals surface area contributed by atoms with E-state index in [0.29, 0.717) is 11.4 Å². The van der Waals surface area contributed by atoms with Crippen molar-refractivity contribution in [3.05, 3.63) is 52.0 Å². The number of rotatable bonds is 5. The number of aromatic nitrogens is 2. The molecule has 2 heterocycles. The highest BCUT2D eigenvalue weighted by Crippen LogP contribution is 2.26. The highest BCUT2D eigenvalue weighted by molar-refractivity contribution is 7.17. The highest BCUT2D eigenvalue weighted by Gasteiger charge is 2.19. The van der Waals surface area contributed by atoms with E-state index in [4.69, 9.17) is 0 Å². The second kappa shape index (κ2) is 7.11. The lowest BCUT2D eigenvalue weighted by molar-refractivity contribution is 0.0787. The minimum atomic E-state index is -0.0271. The number of nitrogens with zero attached hydrogens (tertiary/aromatic N) is 3. The first-order chi connectivity index (χ1) is 11.6. The Kier molecular flexibility index (Phi) is 4.92. The summed E-state index contributed by atoms with van der Waals surface area (Å²) in [5.74, 6) is -0.0271. The maximum Gasteiger partial charge on any atom is 0.266 e. The van der Waals surface area contributed by atoms with Crippen LogP contribution in [-0.2, 0) is 6.54 Å². The van der Waals surface area contributed by atoms with Crippen LogP contribution in [0.25, 0.3) is 10.6 Å². The molecule has 0 aliphatic rings. The molecule has 0 unspecified atom stereocenters. The summed E-state index contributed by atoms with van der Waals surface area (Å²) < 4.78 is 0. The first kappa shape index (κ1) is 16.6. The molecule has 0 radical (unpaired) electrons. The molecular weight excluding hydrogens is 340 g/mol. The van der Waals surface area contributed by atoms with E-state index in [1.54, 1.807) is 30.3 Å². The Hall–Kier alpha value is -2.25. The van der Waals surface area contributed by atoms with Crippen LogP contribution >= 0.6 is 22.7 Å². The number of benzene rings is 1. The van der Waals surface area contributed by atoms with Gasteiger partial charge in [0.05, 0.1) is 17.9 Å². The van der Waals surface area contributed by atoms with Crippen molar-refractivity contribution in [1.29, 1.82) is 0 Å². The van der Waals surface area contributed by atoms with Crippen molar-refractivity contribution in [2.45, 2.75) is 13.5 Å². The quantitative estimate of drug-likeness (QED) is 0.752. The van der Waals surface area contributed by atoms with Gasteiger partial charge >= 0.3 is 0 Å². The van der Waals surface area contributed by atoms with Crippen LogP contribution in [0.1, 0.15) is 21.1 Å². The number of nitrogens with one attached hydrogen (secondary N) is 1. The maximum atomic E-state index is 12.6. The molecule has 124 valence electrons. The van der Waals surface area contributed by atoms with E-state index in [0.717, 1.165) is 27.1 Å². The summed E-state index contributed by atoms with van der Waals surface area (Å²) in [5.41, 5.74) is 2.75. The average molecular weight is 358 g/mol. The fourth-order valence-corrected chi connectivity index (χ4v) is 4.01. The Balaban J connectivity index is 1.73. The van der Waals surface area contributed by atoms with Gasteiger partial charge in [0.1, 0.15) is 9.88 Å². The molecule has 1 N–H and O–H groups in total. The van der Waals surface area contributed by atoms with Crippen LogP contribution in [0, 0.1) is 6.92 Å². The molecule has 24 heavy (non-hydrogen) atoms. The third-order valence-corrected chi connectivity index (χ3v) is 5.63. The van der Waals surface area contributed by atoms with Crippen LogP contribution in [0.4, 0.5) is 5.13 Å². The molecule has 0 saturated heterocycles. The van der Waals surface area contributed by atoms with Crippen LogP contribution < -0.4 is 5.32 Å². The normalized spacial score (nSPS) is 10.6. The molecule has 0 spiro atoms. The van der Waals surface area contributed by atoms with Crippen molar-refractivity contribution >= 4 is 33.7 Å². The van der Waals surface area contributed by atoms with Crippen LogP contribution in [0.3, 0.4) is 0 Å². The van der Waals surface area contributed by atoms with Crippen molar-refractivity contribution in [1.82, 2.24) is 14.9 Å². The number of hydrogen-bond donors (Lipinski definition) is 1. The van der Waals surface area contributed by atoms with E-state index in [2.05, 4.69) is 15.3 Å². The molecule has 0 saturated carbocycles. The van der Waals surface area contributed by atoms with E-state index >= 15 is 0 Å². The zero-order valence-corrected chi connectivity index (χ0v) is 15.4. The van der Waals surface area contributed by atoms with Gasteiger partial charge in [-0.25, -0.2) is 9.97 Å². The van der Waals surface area contributed by atoms with E-state index in [1.165, 1.54) is 11.3 Å². The second-order valence-corrected chi connectivity index (χ2v) is 7.21. The molecule has 0 aliphatic heterocycles. The van der Waals surface area contributed by atoms with Crippen LogP contribution in [-0.4, -0.2) is 34.9 Å². The number of anilines is 1. The van der Waals surface area contributed by atoms with Gasteiger partial charge in [0.2, 0.25) is 0 Å². The largest absolute Gasteiger partial charge is 0.365 e. The van der Waals surface area contributed by atoms with Crippen LogP contribution in [0.5, 0.6) is 0 Å². The molecule has 0 aliphatic carbocycles. The summed E-state index contributed by atoms with van der Waals surface area (Å²) in [6.07, 6.45) is 0. The smallest absolute Gasteiger partial charge is 0.266 e. The predicted octanol–water partition coefficient (Wildman–Crippen LogP) is 3.89. The van der Waals surface area contributed by atoms with Gasteiger partial charge in [0.15, 0.2) is 5.13 Å². The maximum absolute atomic E-state index is 12.6. The SMILES string of the molecule is CNc1nc(C)c(C(=O)N(C)Cc2csc(-c3ccccc3)n2)s1. The Morgan fingerprint density at radius 3 is 2.67 bits per heavy atom. The van der Waals surface area contributed by atoms with Gasteiger partial charge in [-0.1, -0.05) is 41.7 Å². The summed E-state index contributed by atoms with van der Waals surface area (Å²) in [5, 5.41) is 6.71. The Morgan fingerprint density at radius 1 is 1.25 bits per heavy atom. The van der Waals surface area contributed by atoms with Gasteiger partial charge in [-0.15, -0.1) is 11.3 Å². The van der Waals surface area contributed by atoms with Crippen molar-refractivity contribution in [2.24, 2.45) is 0 Å². The molecule has 5 nitrogen and oxygen atoms in total. The number of carbonyl (C=O) groups is 1. The molecule has 1 amide bonds. The third kappa shape index (κ3) is 3.47. The van der Waals surface area contributed by atoms with Crippen molar-refractivity contribution in [3.63, 3.8) is 0 Å². The van der Waals surface area contributed by atoms with Gasteiger partial charge in [0.25, 0.3) is 5.91 Å². The lowest BCUT2D eigenvalue weighted by Gasteiger charge is -2.14. The number of thiazole rings is 2. The van der Waals surface area contributed by atoms with Gasteiger partial charge in [0, 0.05) is 25.0 Å². The van der Waals surface area contributed by atoms with Crippen molar-refractivity contribution in [3.8, 4) is 10.6 Å². The number of amides is 1. The van der Waals surface area contributed by atoms with Crippen molar-refractivity contribution < 1.29 is 4.79 Å². The molecule has 3 rings (SSSR count). The minimum absolute atomic E-state index is 0.0271. The Morgan fingerprint density at radius 2 is 2.00 bits per heavy atom. The van der Waals surface area contributed by atoms with E-state index in [9.17, 15) is 4.79 Å². The Bertz CT molecular complexity index is 841. The monoisotopic (exact) mass is 358 g/mol. The van der Waals surface area contributed by atoms with Crippen LogP contribution in [0.2, 0.25) is 0 Å². The average Bonchev–Trinajstić information content (AvgIpc) is 3.21. The zero-order chi connectivity index (χ0) is 17.1. The predicted molar refractivity (Wildman–Crippen MR) is 99.7 cm³/mol. The summed E-state index contributed by atoms with van der Waals surface area (Å²) >= 11 is 2.97. The van der Waals surface area contributed by atoms with E-state index in [-0.39, 0.29) is 5.91 Å². The Labute approximate surface area is 149 Å².